The molecule has 0 aliphatic carbocycles. The number of rotatable bonds is 5. The molecule has 0 amide bonds. The second kappa shape index (κ2) is 6.09. The normalized spacial score (nSPS) is 12.6. The molecule has 0 bridgehead atoms. The van der Waals surface area contributed by atoms with Gasteiger partial charge in [0.15, 0.2) is 0 Å². The second-order valence-corrected chi connectivity index (χ2v) is 4.19. The zero-order valence-corrected chi connectivity index (χ0v) is 10.6. The van der Waals surface area contributed by atoms with E-state index < -0.39 is 0 Å². The first-order valence-corrected chi connectivity index (χ1v) is 5.83. The van der Waals surface area contributed by atoms with Gasteiger partial charge in [0, 0.05) is 12.6 Å². The summed E-state index contributed by atoms with van der Waals surface area (Å²) in [4.78, 5) is 0. The molecule has 1 aromatic carbocycles. The Balaban J connectivity index is 3.16. The van der Waals surface area contributed by atoms with E-state index >= 15 is 0 Å². The van der Waals surface area contributed by atoms with Crippen LogP contribution in [-0.2, 0) is 6.42 Å². The molecule has 0 saturated carbocycles. The van der Waals surface area contributed by atoms with E-state index in [-0.39, 0.29) is 6.04 Å². The molecule has 0 saturated heterocycles. The minimum atomic E-state index is -0.168. The molecular weight excluding hydrogens is 224 g/mol. The molecule has 1 unspecified atom stereocenters. The summed E-state index contributed by atoms with van der Waals surface area (Å²) in [6.07, 6.45) is 1.96. The lowest BCUT2D eigenvalue weighted by Crippen LogP contribution is -2.21. The Morgan fingerprint density at radius 3 is 2.62 bits per heavy atom. The van der Waals surface area contributed by atoms with E-state index in [0.717, 1.165) is 29.7 Å². The lowest BCUT2D eigenvalue weighted by molar-refractivity contribution is 0.409. The Morgan fingerprint density at radius 2 is 2.12 bits per heavy atom. The molecule has 3 nitrogen and oxygen atoms in total. The van der Waals surface area contributed by atoms with Gasteiger partial charge in [-0.3, -0.25) is 0 Å². The van der Waals surface area contributed by atoms with E-state index in [9.17, 15) is 0 Å². The number of methoxy groups -OCH3 is 1. The molecule has 1 aromatic rings. The zero-order chi connectivity index (χ0) is 12.1. The van der Waals surface area contributed by atoms with Crippen molar-refractivity contribution in [2.75, 3.05) is 13.7 Å². The highest BCUT2D eigenvalue weighted by molar-refractivity contribution is 6.32. The van der Waals surface area contributed by atoms with Gasteiger partial charge in [0.1, 0.15) is 5.75 Å². The van der Waals surface area contributed by atoms with Gasteiger partial charge >= 0.3 is 0 Å². The van der Waals surface area contributed by atoms with Crippen molar-refractivity contribution in [1.82, 2.24) is 0 Å². The van der Waals surface area contributed by atoms with E-state index in [1.165, 1.54) is 0 Å². The highest BCUT2D eigenvalue weighted by atomic mass is 35.5. The third kappa shape index (κ3) is 2.88. The Bertz CT molecular complexity index is 355. The number of halogens is 1. The molecule has 1 rings (SSSR count). The predicted molar refractivity (Wildman–Crippen MR) is 68.0 cm³/mol. The molecule has 4 heteroatoms. The van der Waals surface area contributed by atoms with Crippen molar-refractivity contribution >= 4 is 11.6 Å². The summed E-state index contributed by atoms with van der Waals surface area (Å²) < 4.78 is 5.29. The molecule has 0 fully saturated rings. The van der Waals surface area contributed by atoms with Crippen molar-refractivity contribution in [3.05, 3.63) is 28.3 Å². The van der Waals surface area contributed by atoms with Gasteiger partial charge in [0.25, 0.3) is 0 Å². The van der Waals surface area contributed by atoms with Crippen LogP contribution < -0.4 is 16.2 Å². The zero-order valence-electron chi connectivity index (χ0n) is 9.79. The highest BCUT2D eigenvalue weighted by Crippen LogP contribution is 2.32. The molecule has 4 N–H and O–H groups in total. The topological polar surface area (TPSA) is 61.3 Å². The molecule has 90 valence electrons. The van der Waals surface area contributed by atoms with Gasteiger partial charge in [0.05, 0.1) is 12.1 Å². The van der Waals surface area contributed by atoms with E-state index in [4.69, 9.17) is 27.8 Å². The molecule has 0 heterocycles. The van der Waals surface area contributed by atoms with E-state index in [0.29, 0.717) is 11.6 Å². The molecule has 0 aromatic heterocycles. The Hall–Kier alpha value is -0.770. The fourth-order valence-electron chi connectivity index (χ4n) is 1.71. The third-order valence-electron chi connectivity index (χ3n) is 2.55. The highest BCUT2D eigenvalue weighted by Gasteiger charge is 2.12. The quantitative estimate of drug-likeness (QED) is 0.833. The number of benzene rings is 1. The maximum Gasteiger partial charge on any atom is 0.140 e. The van der Waals surface area contributed by atoms with E-state index in [1.807, 2.05) is 12.1 Å². The van der Waals surface area contributed by atoms with E-state index in [1.54, 1.807) is 7.11 Å². The third-order valence-corrected chi connectivity index (χ3v) is 2.83. The first kappa shape index (κ1) is 13.3. The maximum atomic E-state index is 6.15. The van der Waals surface area contributed by atoms with Crippen LogP contribution in [0.5, 0.6) is 5.75 Å². The van der Waals surface area contributed by atoms with Crippen LogP contribution in [0.1, 0.15) is 30.5 Å². The van der Waals surface area contributed by atoms with Crippen molar-refractivity contribution < 1.29 is 4.74 Å². The lowest BCUT2D eigenvalue weighted by atomic mass is 10.0. The van der Waals surface area contributed by atoms with Crippen molar-refractivity contribution in [3.63, 3.8) is 0 Å². The fourth-order valence-corrected chi connectivity index (χ4v) is 2.03. The van der Waals surface area contributed by atoms with E-state index in [2.05, 4.69) is 6.92 Å². The standard InChI is InChI=1S/C12H19ClN2O/c1-3-4-8-5-9(11(15)7-14)6-10(13)12(8)16-2/h5-6,11H,3-4,7,14-15H2,1-2H3. The number of nitrogens with two attached hydrogens (primary N) is 2. The van der Waals surface area contributed by atoms with Crippen LogP contribution in [0.3, 0.4) is 0 Å². The van der Waals surface area contributed by atoms with Gasteiger partial charge in [0.2, 0.25) is 0 Å². The van der Waals surface area contributed by atoms with Gasteiger partial charge in [-0.1, -0.05) is 31.0 Å². The van der Waals surface area contributed by atoms with Gasteiger partial charge in [-0.15, -0.1) is 0 Å². The number of ether oxygens (including phenoxy) is 1. The summed E-state index contributed by atoms with van der Waals surface area (Å²) in [5, 5.41) is 0.604. The SMILES string of the molecule is CCCc1cc(C(N)CN)cc(Cl)c1OC. The molecule has 1 atom stereocenters. The van der Waals surface area contributed by atoms with Crippen LogP contribution in [0.2, 0.25) is 5.02 Å². The molecule has 0 aliphatic heterocycles. The van der Waals surface area contributed by atoms with Crippen LogP contribution in [0, 0.1) is 0 Å². The Kier molecular flexibility index (Phi) is 5.06. The summed E-state index contributed by atoms with van der Waals surface area (Å²) >= 11 is 6.15. The van der Waals surface area contributed by atoms with Crippen molar-refractivity contribution in [3.8, 4) is 5.75 Å². The summed E-state index contributed by atoms with van der Waals surface area (Å²) in [6, 6.07) is 3.70. The van der Waals surface area contributed by atoms with Gasteiger partial charge in [-0.05, 0) is 23.6 Å². The summed E-state index contributed by atoms with van der Waals surface area (Å²) in [7, 11) is 1.63. The fraction of sp³-hybridized carbons (Fsp3) is 0.500. The lowest BCUT2D eigenvalue weighted by Gasteiger charge is -2.15. The second-order valence-electron chi connectivity index (χ2n) is 3.79. The molecule has 0 radical (unpaired) electrons. The van der Waals surface area contributed by atoms with Crippen LogP contribution in [0.4, 0.5) is 0 Å². The van der Waals surface area contributed by atoms with Crippen LogP contribution >= 0.6 is 11.6 Å². The largest absolute Gasteiger partial charge is 0.495 e. The van der Waals surface area contributed by atoms with Crippen LogP contribution in [0.15, 0.2) is 12.1 Å². The molecule has 16 heavy (non-hydrogen) atoms. The maximum absolute atomic E-state index is 6.15. The average Bonchev–Trinajstić information content (AvgIpc) is 2.28. The number of hydrogen-bond acceptors (Lipinski definition) is 3. The summed E-state index contributed by atoms with van der Waals surface area (Å²) in [5.74, 6) is 0.747. The summed E-state index contributed by atoms with van der Waals surface area (Å²) in [5.41, 5.74) is 13.5. The first-order chi connectivity index (χ1) is 7.63. The van der Waals surface area contributed by atoms with Crippen molar-refractivity contribution in [2.45, 2.75) is 25.8 Å². The molecule has 0 spiro atoms. The smallest absolute Gasteiger partial charge is 0.140 e. The van der Waals surface area contributed by atoms with Gasteiger partial charge in [-0.25, -0.2) is 0 Å². The minimum absolute atomic E-state index is 0.168. The average molecular weight is 243 g/mol. The van der Waals surface area contributed by atoms with Gasteiger partial charge in [-0.2, -0.15) is 0 Å². The minimum Gasteiger partial charge on any atom is -0.495 e. The molecule has 0 aliphatic rings. The predicted octanol–water partition coefficient (Wildman–Crippen LogP) is 2.26. The van der Waals surface area contributed by atoms with Crippen LogP contribution in [-0.4, -0.2) is 13.7 Å². The number of hydrogen-bond donors (Lipinski definition) is 2. The van der Waals surface area contributed by atoms with Gasteiger partial charge < -0.3 is 16.2 Å². The Morgan fingerprint density at radius 1 is 1.44 bits per heavy atom. The molecular formula is C12H19ClN2O. The van der Waals surface area contributed by atoms with Crippen LogP contribution in [0.25, 0.3) is 0 Å². The monoisotopic (exact) mass is 242 g/mol. The van der Waals surface area contributed by atoms with Crippen molar-refractivity contribution in [1.29, 1.82) is 0 Å². The van der Waals surface area contributed by atoms with Crippen molar-refractivity contribution in [2.24, 2.45) is 11.5 Å². The number of aryl methyl sites for hydroxylation is 1. The summed E-state index contributed by atoms with van der Waals surface area (Å²) in [6.45, 7) is 2.52. The Labute approximate surface area is 102 Å². The first-order valence-electron chi connectivity index (χ1n) is 5.46.